The van der Waals surface area contributed by atoms with Gasteiger partial charge in [0.1, 0.15) is 3.70 Å². The van der Waals surface area contributed by atoms with Crippen LogP contribution in [0.5, 0.6) is 0 Å². The summed E-state index contributed by atoms with van der Waals surface area (Å²) in [5.41, 5.74) is 0.463. The average Bonchev–Trinajstić information content (AvgIpc) is 2.28. The highest BCUT2D eigenvalue weighted by molar-refractivity contribution is 14.1. The van der Waals surface area contributed by atoms with Crippen LogP contribution in [0.2, 0.25) is 0 Å². The van der Waals surface area contributed by atoms with Crippen molar-refractivity contribution >= 4 is 67.3 Å². The Morgan fingerprint density at radius 2 is 1.86 bits per heavy atom. The van der Waals surface area contributed by atoms with Crippen LogP contribution in [0.1, 0.15) is 10.4 Å². The van der Waals surface area contributed by atoms with E-state index in [0.29, 0.717) is 9.26 Å². The molecule has 0 aliphatic carbocycles. The number of aromatic nitrogens is 2. The lowest BCUT2D eigenvalue weighted by Gasteiger charge is -1.81. The van der Waals surface area contributed by atoms with E-state index in [2.05, 4.69) is 28.3 Å². The fourth-order valence-corrected chi connectivity index (χ4v) is 1.62. The van der Waals surface area contributed by atoms with Gasteiger partial charge in [0.2, 0.25) is 0 Å². The Morgan fingerprint density at radius 3 is 2.00 bits per heavy atom. The molecule has 0 bridgehead atoms. The number of halogens is 4. The van der Waals surface area contributed by atoms with Crippen LogP contribution in [0.25, 0.3) is 0 Å². The van der Waals surface area contributed by atoms with Crippen LogP contribution >= 0.6 is 57.4 Å². The van der Waals surface area contributed by atoms with Crippen LogP contribution in [0.4, 0.5) is 4.79 Å². The van der Waals surface area contributed by atoms with Gasteiger partial charge in [0, 0.05) is 13.2 Å². The molecule has 14 heavy (non-hydrogen) atoms. The molecule has 1 aromatic rings. The third-order valence-corrected chi connectivity index (χ3v) is 2.00. The Morgan fingerprint density at radius 1 is 1.43 bits per heavy atom. The average molecular weight is 369 g/mol. The van der Waals surface area contributed by atoms with Gasteiger partial charge in [-0.3, -0.25) is 14.3 Å². The maximum absolute atomic E-state index is 10.6. The Labute approximate surface area is 109 Å². The number of rotatable bonds is 1. The molecule has 8 heteroatoms. The van der Waals surface area contributed by atoms with E-state index in [0.717, 1.165) is 0 Å². The molecule has 0 aromatic carbocycles. The molecule has 1 heterocycles. The van der Waals surface area contributed by atoms with E-state index in [4.69, 9.17) is 16.4 Å². The van der Waals surface area contributed by atoms with Crippen molar-refractivity contribution in [1.29, 1.82) is 0 Å². The first-order valence-corrected chi connectivity index (χ1v) is 5.29. The summed E-state index contributed by atoms with van der Waals surface area (Å²) >= 11 is 16.0. The van der Waals surface area contributed by atoms with Gasteiger partial charge in [-0.1, -0.05) is 0 Å². The Balaban J connectivity index is 0.000000364. The number of aryl methyl sites for hydroxylation is 1. The molecule has 0 radical (unpaired) electrons. The van der Waals surface area contributed by atoms with Crippen LogP contribution in [-0.2, 0) is 7.05 Å². The molecule has 0 amide bonds. The van der Waals surface area contributed by atoms with Crippen molar-refractivity contribution in [2.75, 3.05) is 0 Å². The maximum atomic E-state index is 10.6. The zero-order valence-corrected chi connectivity index (χ0v) is 11.2. The van der Waals surface area contributed by atoms with E-state index in [1.165, 1.54) is 0 Å². The monoisotopic (exact) mass is 368 g/mol. The van der Waals surface area contributed by atoms with Gasteiger partial charge < -0.3 is 0 Å². The first kappa shape index (κ1) is 14.2. The van der Waals surface area contributed by atoms with E-state index >= 15 is 0 Å². The van der Waals surface area contributed by atoms with Gasteiger partial charge in [-0.25, -0.2) is 0 Å². The molecule has 1 aromatic heterocycles. The summed E-state index contributed by atoms with van der Waals surface area (Å²) in [5, 5.41) is 3.47. The lowest BCUT2D eigenvalue weighted by Crippen LogP contribution is -1.87. The third kappa shape index (κ3) is 5.79. The summed E-state index contributed by atoms with van der Waals surface area (Å²) < 4.78 is 1.30. The Bertz CT molecular complexity index is 349. The fraction of sp³-hybridized carbons (Fsp3) is 0.167. The van der Waals surface area contributed by atoms with Gasteiger partial charge in [-0.2, -0.15) is 5.10 Å². The highest BCUT2D eigenvalue weighted by atomic mass is 127. The van der Waals surface area contributed by atoms with Gasteiger partial charge >= 0.3 is 4.70 Å². The number of hydrogen-bond acceptors (Lipinski definition) is 3. The minimum absolute atomic E-state index is 0.461. The van der Waals surface area contributed by atoms with Crippen molar-refractivity contribution in [2.24, 2.45) is 7.05 Å². The summed E-state index contributed by atoms with van der Waals surface area (Å²) in [6, 6.07) is 0. The molecule has 0 unspecified atom stereocenters. The number of hydrogen-bond donors (Lipinski definition) is 0. The van der Waals surface area contributed by atoms with Gasteiger partial charge in [0.05, 0.1) is 5.56 Å². The van der Waals surface area contributed by atoms with Crippen LogP contribution in [0.15, 0.2) is 6.20 Å². The molecule has 0 saturated carbocycles. The number of carbonyl (C=O) groups is 2. The zero-order chi connectivity index (χ0) is 11.3. The van der Waals surface area contributed by atoms with E-state index in [1.54, 1.807) is 17.9 Å². The largest absolute Gasteiger partial charge is 0.313 e. The van der Waals surface area contributed by atoms with E-state index in [1.807, 2.05) is 22.6 Å². The van der Waals surface area contributed by atoms with Crippen molar-refractivity contribution in [3.8, 4) is 0 Å². The fourth-order valence-electron chi connectivity index (χ4n) is 0.593. The van der Waals surface area contributed by atoms with E-state index in [-0.39, 0.29) is 0 Å². The third-order valence-electron chi connectivity index (χ3n) is 0.995. The lowest BCUT2D eigenvalue weighted by atomic mass is 10.4. The standard InChI is InChI=1S/C5H4ClIN2O.CCl2O/c1-9-2-3(4(6)10)5(7)8-9;2-1(3)4/h2H,1H3;. The summed E-state index contributed by atoms with van der Waals surface area (Å²) in [4.78, 5) is 19.6. The molecular weight excluding hydrogens is 365 g/mol. The van der Waals surface area contributed by atoms with Gasteiger partial charge in [0.15, 0.2) is 0 Å². The molecule has 0 saturated heterocycles. The summed E-state index contributed by atoms with van der Waals surface area (Å²) in [5.74, 6) is 0. The molecule has 0 aliphatic rings. The minimum Gasteiger partial charge on any atom is -0.275 e. The predicted molar refractivity (Wildman–Crippen MR) is 63.2 cm³/mol. The van der Waals surface area contributed by atoms with Crippen LogP contribution < -0.4 is 0 Å². The predicted octanol–water partition coefficient (Wildman–Crippen LogP) is 2.99. The second-order valence-electron chi connectivity index (χ2n) is 2.01. The number of carbonyl (C=O) groups excluding carboxylic acids is 2. The molecule has 4 nitrogen and oxygen atoms in total. The minimum atomic E-state index is -0.889. The van der Waals surface area contributed by atoms with Gasteiger partial charge in [-0.15, -0.1) is 0 Å². The summed E-state index contributed by atoms with van der Waals surface area (Å²) in [6.07, 6.45) is 1.59. The second-order valence-corrected chi connectivity index (χ2v) is 4.25. The highest BCUT2D eigenvalue weighted by Gasteiger charge is 2.09. The second kappa shape index (κ2) is 6.60. The molecule has 0 spiro atoms. The number of nitrogens with zero attached hydrogens (tertiary/aromatic N) is 2. The molecule has 0 atom stereocenters. The van der Waals surface area contributed by atoms with Crippen molar-refractivity contribution in [3.05, 3.63) is 15.5 Å². The summed E-state index contributed by atoms with van der Waals surface area (Å²) in [7, 11) is 1.74. The quantitative estimate of drug-likeness (QED) is 0.565. The molecule has 0 N–H and O–H groups in total. The lowest BCUT2D eigenvalue weighted by molar-refractivity contribution is 0.108. The molecular formula is C6H4Cl3IN2O2. The SMILES string of the molecule is Cn1cc(C(=O)Cl)c(I)n1.O=C(Cl)Cl. The topological polar surface area (TPSA) is 52.0 Å². The first-order chi connectivity index (χ1) is 6.34. The maximum Gasteiger partial charge on any atom is 0.313 e. The Hall–Kier alpha value is 0.150. The molecule has 1 rings (SSSR count). The Kier molecular flexibility index (Phi) is 6.67. The van der Waals surface area contributed by atoms with Crippen LogP contribution in [-0.4, -0.2) is 19.7 Å². The summed E-state index contributed by atoms with van der Waals surface area (Å²) in [6.45, 7) is 0. The van der Waals surface area contributed by atoms with E-state index in [9.17, 15) is 4.79 Å². The highest BCUT2D eigenvalue weighted by Crippen LogP contribution is 2.11. The molecule has 0 fully saturated rings. The smallest absolute Gasteiger partial charge is 0.275 e. The normalized spacial score (nSPS) is 8.93. The van der Waals surface area contributed by atoms with Crippen molar-refractivity contribution in [1.82, 2.24) is 9.78 Å². The van der Waals surface area contributed by atoms with Gasteiger partial charge in [-0.05, 0) is 57.4 Å². The van der Waals surface area contributed by atoms with Crippen molar-refractivity contribution in [3.63, 3.8) is 0 Å². The van der Waals surface area contributed by atoms with Crippen LogP contribution in [0, 0.1) is 3.70 Å². The molecule has 0 aliphatic heterocycles. The van der Waals surface area contributed by atoms with Gasteiger partial charge in [0.25, 0.3) is 5.24 Å². The first-order valence-electron chi connectivity index (χ1n) is 3.08. The van der Waals surface area contributed by atoms with Crippen molar-refractivity contribution < 1.29 is 9.59 Å². The van der Waals surface area contributed by atoms with Crippen molar-refractivity contribution in [2.45, 2.75) is 0 Å². The van der Waals surface area contributed by atoms with E-state index < -0.39 is 9.94 Å². The van der Waals surface area contributed by atoms with Crippen LogP contribution in [0.3, 0.4) is 0 Å². The molecule has 78 valence electrons. The zero-order valence-electron chi connectivity index (χ0n) is 6.80.